The molecule has 0 fully saturated rings. The molecule has 0 radical (unpaired) electrons. The fourth-order valence-electron chi connectivity index (χ4n) is 1.70. The van der Waals surface area contributed by atoms with Crippen molar-refractivity contribution in [3.8, 4) is 17.2 Å². The maximum atomic E-state index is 11.7. The zero-order chi connectivity index (χ0) is 16.7. The zero-order valence-corrected chi connectivity index (χ0v) is 13.1. The van der Waals surface area contributed by atoms with Crippen LogP contribution in [-0.4, -0.2) is 43.9 Å². The first-order chi connectivity index (χ1) is 10.4. The van der Waals surface area contributed by atoms with Crippen LogP contribution in [0.15, 0.2) is 12.1 Å². The lowest BCUT2D eigenvalue weighted by atomic mass is 10.2. The number of hydrogen-bond donors (Lipinski definition) is 2. The van der Waals surface area contributed by atoms with Gasteiger partial charge in [-0.2, -0.15) is 0 Å². The summed E-state index contributed by atoms with van der Waals surface area (Å²) in [5, 5.41) is 11.8. The standard InChI is InChI=1S/C15H21NO6/c1-5-9(2)16-13(17)8-22-14-11(20-3)6-10(15(18)19)7-12(14)21-4/h6-7,9H,5,8H2,1-4H3,(H,16,17)(H,18,19)/t9-/m1/s1. The quantitative estimate of drug-likeness (QED) is 0.759. The summed E-state index contributed by atoms with van der Waals surface area (Å²) in [4.78, 5) is 22.8. The third-order valence-electron chi connectivity index (χ3n) is 3.07. The lowest BCUT2D eigenvalue weighted by molar-refractivity contribution is -0.123. The average Bonchev–Trinajstić information content (AvgIpc) is 2.51. The second-order valence-electron chi connectivity index (χ2n) is 4.68. The molecule has 1 rings (SSSR count). The van der Waals surface area contributed by atoms with Crippen LogP contribution < -0.4 is 19.5 Å². The molecule has 1 amide bonds. The molecule has 7 nitrogen and oxygen atoms in total. The number of hydrogen-bond acceptors (Lipinski definition) is 5. The van der Waals surface area contributed by atoms with Crippen LogP contribution in [0.2, 0.25) is 0 Å². The molecule has 2 N–H and O–H groups in total. The molecule has 0 spiro atoms. The maximum Gasteiger partial charge on any atom is 0.335 e. The molecule has 22 heavy (non-hydrogen) atoms. The van der Waals surface area contributed by atoms with Crippen LogP contribution in [-0.2, 0) is 4.79 Å². The van der Waals surface area contributed by atoms with Gasteiger partial charge < -0.3 is 24.6 Å². The molecular weight excluding hydrogens is 290 g/mol. The first-order valence-electron chi connectivity index (χ1n) is 6.84. The lowest BCUT2D eigenvalue weighted by Gasteiger charge is -2.16. The summed E-state index contributed by atoms with van der Waals surface area (Å²) in [6.07, 6.45) is 0.811. The Morgan fingerprint density at radius 2 is 1.77 bits per heavy atom. The summed E-state index contributed by atoms with van der Waals surface area (Å²) < 4.78 is 15.7. The SMILES string of the molecule is CC[C@@H](C)NC(=O)COc1c(OC)cc(C(=O)O)cc1OC. The van der Waals surface area contributed by atoms with Crippen molar-refractivity contribution < 1.29 is 28.9 Å². The number of aromatic carboxylic acids is 1. The second kappa shape index (κ2) is 8.11. The first kappa shape index (κ1) is 17.6. The van der Waals surface area contributed by atoms with E-state index in [1.54, 1.807) is 0 Å². The van der Waals surface area contributed by atoms with E-state index in [1.807, 2.05) is 13.8 Å². The van der Waals surface area contributed by atoms with E-state index >= 15 is 0 Å². The highest BCUT2D eigenvalue weighted by molar-refractivity contribution is 5.89. The summed E-state index contributed by atoms with van der Waals surface area (Å²) >= 11 is 0. The predicted molar refractivity (Wildman–Crippen MR) is 79.9 cm³/mol. The number of carbonyl (C=O) groups excluding carboxylic acids is 1. The monoisotopic (exact) mass is 311 g/mol. The number of ether oxygens (including phenoxy) is 3. The summed E-state index contributed by atoms with van der Waals surface area (Å²) in [5.41, 5.74) is 0.00473. The van der Waals surface area contributed by atoms with E-state index in [-0.39, 0.29) is 41.4 Å². The van der Waals surface area contributed by atoms with Gasteiger partial charge in [-0.05, 0) is 25.5 Å². The van der Waals surface area contributed by atoms with Crippen molar-refractivity contribution >= 4 is 11.9 Å². The summed E-state index contributed by atoms with van der Waals surface area (Å²) in [6.45, 7) is 3.63. The van der Waals surface area contributed by atoms with Crippen molar-refractivity contribution in [1.82, 2.24) is 5.32 Å². The van der Waals surface area contributed by atoms with E-state index in [9.17, 15) is 9.59 Å². The highest BCUT2D eigenvalue weighted by atomic mass is 16.5. The number of rotatable bonds is 8. The maximum absolute atomic E-state index is 11.7. The number of carbonyl (C=O) groups is 2. The van der Waals surface area contributed by atoms with Gasteiger partial charge in [0, 0.05) is 6.04 Å². The molecule has 0 heterocycles. The molecular formula is C15H21NO6. The fraction of sp³-hybridized carbons (Fsp3) is 0.467. The van der Waals surface area contributed by atoms with Gasteiger partial charge in [0.05, 0.1) is 19.8 Å². The van der Waals surface area contributed by atoms with Gasteiger partial charge in [0.15, 0.2) is 18.1 Å². The van der Waals surface area contributed by atoms with Gasteiger partial charge in [0.25, 0.3) is 5.91 Å². The van der Waals surface area contributed by atoms with Crippen molar-refractivity contribution in [3.63, 3.8) is 0 Å². The van der Waals surface area contributed by atoms with E-state index in [1.165, 1.54) is 26.4 Å². The normalized spacial score (nSPS) is 11.5. The Kier molecular flexibility index (Phi) is 6.49. The molecule has 0 aliphatic carbocycles. The van der Waals surface area contributed by atoms with Crippen LogP contribution in [0.1, 0.15) is 30.6 Å². The molecule has 0 aliphatic heterocycles. The Hall–Kier alpha value is -2.44. The summed E-state index contributed by atoms with van der Waals surface area (Å²) in [5.74, 6) is -0.825. The molecule has 0 saturated carbocycles. The minimum absolute atomic E-state index is 0.00473. The number of carboxylic acid groups (broad SMARTS) is 1. The summed E-state index contributed by atoms with van der Waals surface area (Å²) in [6, 6.07) is 2.67. The molecule has 1 aromatic rings. The van der Waals surface area contributed by atoms with Gasteiger partial charge in [0.2, 0.25) is 5.75 Å². The van der Waals surface area contributed by atoms with Crippen molar-refractivity contribution in [2.45, 2.75) is 26.3 Å². The third-order valence-corrected chi connectivity index (χ3v) is 3.07. The lowest BCUT2D eigenvalue weighted by Crippen LogP contribution is -2.35. The van der Waals surface area contributed by atoms with Crippen molar-refractivity contribution in [3.05, 3.63) is 17.7 Å². The smallest absolute Gasteiger partial charge is 0.335 e. The highest BCUT2D eigenvalue weighted by Crippen LogP contribution is 2.38. The Balaban J connectivity index is 2.93. The van der Waals surface area contributed by atoms with Crippen LogP contribution in [0.4, 0.5) is 0 Å². The van der Waals surface area contributed by atoms with Crippen molar-refractivity contribution in [1.29, 1.82) is 0 Å². The Morgan fingerprint density at radius 3 is 2.18 bits per heavy atom. The van der Waals surface area contributed by atoms with Gasteiger partial charge in [0.1, 0.15) is 0 Å². The second-order valence-corrected chi connectivity index (χ2v) is 4.68. The number of benzene rings is 1. The van der Waals surface area contributed by atoms with Gasteiger partial charge in [-0.15, -0.1) is 0 Å². The Morgan fingerprint density at radius 1 is 1.23 bits per heavy atom. The van der Waals surface area contributed by atoms with Crippen molar-refractivity contribution in [2.75, 3.05) is 20.8 Å². The highest BCUT2D eigenvalue weighted by Gasteiger charge is 2.18. The third kappa shape index (κ3) is 4.54. The van der Waals surface area contributed by atoms with Gasteiger partial charge >= 0.3 is 5.97 Å². The van der Waals surface area contributed by atoms with E-state index in [2.05, 4.69) is 5.32 Å². The van der Waals surface area contributed by atoms with Crippen molar-refractivity contribution in [2.24, 2.45) is 0 Å². The Bertz CT molecular complexity index is 518. The topological polar surface area (TPSA) is 94.1 Å². The molecule has 0 unspecified atom stereocenters. The number of methoxy groups -OCH3 is 2. The first-order valence-corrected chi connectivity index (χ1v) is 6.84. The van der Waals surface area contributed by atoms with Gasteiger partial charge in [-0.1, -0.05) is 6.92 Å². The van der Waals surface area contributed by atoms with Crippen LogP contribution in [0.3, 0.4) is 0 Å². The molecule has 122 valence electrons. The number of nitrogens with one attached hydrogen (secondary N) is 1. The van der Waals surface area contributed by atoms with E-state index in [4.69, 9.17) is 19.3 Å². The largest absolute Gasteiger partial charge is 0.493 e. The molecule has 0 aliphatic rings. The van der Waals surface area contributed by atoms with Crippen LogP contribution in [0.25, 0.3) is 0 Å². The van der Waals surface area contributed by atoms with Gasteiger partial charge in [-0.25, -0.2) is 4.79 Å². The molecule has 0 aromatic heterocycles. The number of amides is 1. The fourth-order valence-corrected chi connectivity index (χ4v) is 1.70. The zero-order valence-electron chi connectivity index (χ0n) is 13.1. The summed E-state index contributed by atoms with van der Waals surface area (Å²) in [7, 11) is 2.76. The van der Waals surface area contributed by atoms with Crippen LogP contribution >= 0.6 is 0 Å². The molecule has 0 bridgehead atoms. The van der Waals surface area contributed by atoms with Crippen LogP contribution in [0, 0.1) is 0 Å². The molecule has 1 aromatic carbocycles. The minimum Gasteiger partial charge on any atom is -0.493 e. The van der Waals surface area contributed by atoms with E-state index in [0.717, 1.165) is 6.42 Å². The van der Waals surface area contributed by atoms with Gasteiger partial charge in [-0.3, -0.25) is 4.79 Å². The predicted octanol–water partition coefficient (Wildman–Crippen LogP) is 1.70. The number of carboxylic acids is 1. The van der Waals surface area contributed by atoms with E-state index < -0.39 is 5.97 Å². The van der Waals surface area contributed by atoms with E-state index in [0.29, 0.717) is 0 Å². The molecule has 7 heteroatoms. The molecule has 0 saturated heterocycles. The average molecular weight is 311 g/mol. The molecule has 1 atom stereocenters. The minimum atomic E-state index is -1.11. The van der Waals surface area contributed by atoms with Crippen LogP contribution in [0.5, 0.6) is 17.2 Å². The Labute approximate surface area is 129 Å².